The summed E-state index contributed by atoms with van der Waals surface area (Å²) in [6.45, 7) is 2.99. The number of nitrogens with zero attached hydrogens (tertiary/aromatic N) is 2. The van der Waals surface area contributed by atoms with Crippen LogP contribution in [-0.2, 0) is 35.5 Å². The van der Waals surface area contributed by atoms with Gasteiger partial charge in [-0.2, -0.15) is 0 Å². The summed E-state index contributed by atoms with van der Waals surface area (Å²) in [6.07, 6.45) is 3.23. The number of benzene rings is 2. The van der Waals surface area contributed by atoms with Crippen molar-refractivity contribution in [2.75, 3.05) is 13.1 Å². The third kappa shape index (κ3) is 7.47. The second-order valence-electron chi connectivity index (χ2n) is 8.88. The molecule has 6 heteroatoms. The maximum Gasteiger partial charge on any atom is 0.242 e. The number of rotatable bonds is 12. The Labute approximate surface area is 212 Å². The van der Waals surface area contributed by atoms with Gasteiger partial charge in [0, 0.05) is 13.0 Å². The van der Waals surface area contributed by atoms with E-state index in [4.69, 9.17) is 8.83 Å². The number of carbonyl (C=O) groups is 2. The summed E-state index contributed by atoms with van der Waals surface area (Å²) in [5.74, 6) is 1.96. The van der Waals surface area contributed by atoms with Crippen molar-refractivity contribution in [3.63, 3.8) is 0 Å². The highest BCUT2D eigenvalue weighted by Crippen LogP contribution is 2.14. The summed E-state index contributed by atoms with van der Waals surface area (Å²) < 4.78 is 11.2. The molecule has 0 N–H and O–H groups in total. The van der Waals surface area contributed by atoms with E-state index in [0.29, 0.717) is 38.1 Å². The Hall–Kier alpha value is -4.06. The average Bonchev–Trinajstić information content (AvgIpc) is 3.57. The molecule has 0 unspecified atom stereocenters. The van der Waals surface area contributed by atoms with Crippen LogP contribution in [0, 0.1) is 6.92 Å². The molecule has 186 valence electrons. The van der Waals surface area contributed by atoms with Gasteiger partial charge in [0.1, 0.15) is 23.8 Å². The predicted molar refractivity (Wildman–Crippen MR) is 138 cm³/mol. The van der Waals surface area contributed by atoms with Gasteiger partial charge >= 0.3 is 0 Å². The Balaban J connectivity index is 1.46. The van der Waals surface area contributed by atoms with Crippen LogP contribution in [0.5, 0.6) is 0 Å². The zero-order valence-electron chi connectivity index (χ0n) is 20.6. The van der Waals surface area contributed by atoms with E-state index in [1.807, 2.05) is 73.7 Å². The number of carbonyl (C=O) groups excluding carboxylic acids is 2. The summed E-state index contributed by atoms with van der Waals surface area (Å²) in [7, 11) is 0. The monoisotopic (exact) mass is 484 g/mol. The van der Waals surface area contributed by atoms with Crippen LogP contribution in [0.1, 0.15) is 34.8 Å². The van der Waals surface area contributed by atoms with E-state index in [2.05, 4.69) is 12.1 Å². The molecule has 2 aromatic carbocycles. The maximum absolute atomic E-state index is 13.6. The first kappa shape index (κ1) is 25.0. The highest BCUT2D eigenvalue weighted by Gasteiger charge is 2.23. The first-order chi connectivity index (χ1) is 17.6. The topological polar surface area (TPSA) is 66.9 Å². The Kier molecular flexibility index (Phi) is 8.76. The van der Waals surface area contributed by atoms with Crippen LogP contribution in [0.15, 0.2) is 100 Å². The largest absolute Gasteiger partial charge is 0.467 e. The fourth-order valence-corrected chi connectivity index (χ4v) is 4.10. The van der Waals surface area contributed by atoms with Gasteiger partial charge in [-0.1, -0.05) is 60.7 Å². The Bertz CT molecular complexity index is 1220. The molecule has 0 fully saturated rings. The molecule has 0 atom stereocenters. The molecule has 4 rings (SSSR count). The first-order valence-electron chi connectivity index (χ1n) is 12.3. The molecule has 36 heavy (non-hydrogen) atoms. The van der Waals surface area contributed by atoms with Crippen molar-refractivity contribution in [3.8, 4) is 0 Å². The zero-order chi connectivity index (χ0) is 25.2. The lowest BCUT2D eigenvalue weighted by atomic mass is 10.1. The Morgan fingerprint density at radius 1 is 0.694 bits per heavy atom. The summed E-state index contributed by atoms with van der Waals surface area (Å²) in [5.41, 5.74) is 2.24. The molecule has 0 aliphatic rings. The van der Waals surface area contributed by atoms with Gasteiger partial charge in [0.25, 0.3) is 0 Å². The number of furan rings is 2. The summed E-state index contributed by atoms with van der Waals surface area (Å²) in [5, 5.41) is 0. The smallest absolute Gasteiger partial charge is 0.242 e. The van der Waals surface area contributed by atoms with Crippen LogP contribution in [0.4, 0.5) is 0 Å². The van der Waals surface area contributed by atoms with Gasteiger partial charge in [-0.25, -0.2) is 0 Å². The van der Waals surface area contributed by atoms with E-state index in [-0.39, 0.29) is 24.9 Å². The molecule has 0 bridgehead atoms. The van der Waals surface area contributed by atoms with Gasteiger partial charge in [0.15, 0.2) is 0 Å². The van der Waals surface area contributed by atoms with E-state index in [0.717, 1.165) is 22.6 Å². The number of aryl methyl sites for hydroxylation is 2. The lowest BCUT2D eigenvalue weighted by molar-refractivity contribution is -0.141. The van der Waals surface area contributed by atoms with Crippen LogP contribution in [0.3, 0.4) is 0 Å². The van der Waals surface area contributed by atoms with Crippen molar-refractivity contribution in [1.82, 2.24) is 9.80 Å². The van der Waals surface area contributed by atoms with Gasteiger partial charge in [-0.15, -0.1) is 0 Å². The van der Waals surface area contributed by atoms with Crippen LogP contribution < -0.4 is 0 Å². The minimum Gasteiger partial charge on any atom is -0.467 e. The quantitative estimate of drug-likeness (QED) is 0.270. The van der Waals surface area contributed by atoms with Crippen molar-refractivity contribution in [2.24, 2.45) is 0 Å². The summed E-state index contributed by atoms with van der Waals surface area (Å²) in [4.78, 5) is 30.1. The summed E-state index contributed by atoms with van der Waals surface area (Å²) in [6, 6.07) is 27.4. The van der Waals surface area contributed by atoms with Crippen molar-refractivity contribution in [2.45, 2.75) is 39.3 Å². The molecule has 0 spiro atoms. The van der Waals surface area contributed by atoms with E-state index in [9.17, 15) is 9.59 Å². The minimum absolute atomic E-state index is 0.0250. The number of hydrogen-bond donors (Lipinski definition) is 0. The molecule has 0 saturated heterocycles. The van der Waals surface area contributed by atoms with Crippen LogP contribution in [0.2, 0.25) is 0 Å². The molecule has 0 saturated carbocycles. The average molecular weight is 485 g/mol. The standard InChI is InChI=1S/C30H32N2O4/c1-24-14-16-28(36-24)22-31(19-18-26-11-6-3-7-12-26)30(34)23-32(21-27-13-8-20-35-27)29(33)17-15-25-9-4-2-5-10-25/h2-14,16,20H,15,17-19,21-23H2,1H3. The number of amides is 2. The molecule has 0 aliphatic carbocycles. The highest BCUT2D eigenvalue weighted by atomic mass is 16.3. The van der Waals surface area contributed by atoms with Crippen LogP contribution in [0.25, 0.3) is 0 Å². The van der Waals surface area contributed by atoms with E-state index < -0.39 is 0 Å². The van der Waals surface area contributed by atoms with Gasteiger partial charge < -0.3 is 18.6 Å². The first-order valence-corrected chi connectivity index (χ1v) is 12.3. The molecule has 4 aromatic rings. The van der Waals surface area contributed by atoms with Crippen molar-refractivity contribution in [1.29, 1.82) is 0 Å². The van der Waals surface area contributed by atoms with Gasteiger partial charge in [0.05, 0.1) is 19.4 Å². The lowest BCUT2D eigenvalue weighted by Crippen LogP contribution is -2.43. The van der Waals surface area contributed by atoms with E-state index in [1.165, 1.54) is 0 Å². The SMILES string of the molecule is Cc1ccc(CN(CCc2ccccc2)C(=O)CN(Cc2ccco2)C(=O)CCc2ccccc2)o1. The van der Waals surface area contributed by atoms with Gasteiger partial charge in [0.2, 0.25) is 11.8 Å². The molecule has 0 radical (unpaired) electrons. The van der Waals surface area contributed by atoms with E-state index >= 15 is 0 Å². The number of hydrogen-bond acceptors (Lipinski definition) is 4. The molecule has 2 aromatic heterocycles. The molecular weight excluding hydrogens is 452 g/mol. The predicted octanol–water partition coefficient (Wildman–Crippen LogP) is 5.41. The summed E-state index contributed by atoms with van der Waals surface area (Å²) >= 11 is 0. The third-order valence-electron chi connectivity index (χ3n) is 6.08. The van der Waals surface area contributed by atoms with Crippen molar-refractivity contribution in [3.05, 3.63) is 120 Å². The van der Waals surface area contributed by atoms with Crippen molar-refractivity contribution < 1.29 is 18.4 Å². The fourth-order valence-electron chi connectivity index (χ4n) is 4.10. The molecule has 6 nitrogen and oxygen atoms in total. The molecule has 0 aliphatic heterocycles. The lowest BCUT2D eigenvalue weighted by Gasteiger charge is -2.27. The van der Waals surface area contributed by atoms with E-state index in [1.54, 1.807) is 22.1 Å². The minimum atomic E-state index is -0.125. The molecule has 2 amide bonds. The van der Waals surface area contributed by atoms with Crippen LogP contribution >= 0.6 is 0 Å². The normalized spacial score (nSPS) is 10.8. The Morgan fingerprint density at radius 3 is 1.97 bits per heavy atom. The molecular formula is C30H32N2O4. The highest BCUT2D eigenvalue weighted by molar-refractivity contribution is 5.85. The Morgan fingerprint density at radius 2 is 1.36 bits per heavy atom. The maximum atomic E-state index is 13.6. The van der Waals surface area contributed by atoms with Gasteiger partial charge in [-0.3, -0.25) is 9.59 Å². The fraction of sp³-hybridized carbons (Fsp3) is 0.267. The van der Waals surface area contributed by atoms with Crippen LogP contribution in [-0.4, -0.2) is 34.7 Å². The zero-order valence-corrected chi connectivity index (χ0v) is 20.6. The second-order valence-corrected chi connectivity index (χ2v) is 8.88. The van der Waals surface area contributed by atoms with Gasteiger partial charge in [-0.05, 0) is 55.2 Å². The second kappa shape index (κ2) is 12.6. The third-order valence-corrected chi connectivity index (χ3v) is 6.08. The van der Waals surface area contributed by atoms with Crippen molar-refractivity contribution >= 4 is 11.8 Å². The molecule has 2 heterocycles.